The van der Waals surface area contributed by atoms with E-state index in [0.29, 0.717) is 0 Å². The van der Waals surface area contributed by atoms with Crippen molar-refractivity contribution in [2.75, 3.05) is 0 Å². The van der Waals surface area contributed by atoms with Crippen LogP contribution in [-0.2, 0) is 6.42 Å². The number of hydrogen-bond acceptors (Lipinski definition) is 0. The van der Waals surface area contributed by atoms with Gasteiger partial charge in [-0.1, -0.05) is 96.9 Å². The van der Waals surface area contributed by atoms with E-state index < -0.39 is 0 Å². The highest BCUT2D eigenvalue weighted by atomic mass is 35.5. The lowest BCUT2D eigenvalue weighted by molar-refractivity contribution is 0.407. The van der Waals surface area contributed by atoms with E-state index in [9.17, 15) is 0 Å². The molecule has 0 heterocycles. The summed E-state index contributed by atoms with van der Waals surface area (Å²) in [6.07, 6.45) is 11.2. The maximum atomic E-state index is 6.01. The van der Waals surface area contributed by atoms with Crippen LogP contribution in [0.3, 0.4) is 0 Å². The van der Waals surface area contributed by atoms with E-state index in [1.807, 2.05) is 33.8 Å². The minimum absolute atomic E-state index is 0.871. The average Bonchev–Trinajstić information content (AvgIpc) is 2.76. The summed E-state index contributed by atoms with van der Waals surface area (Å²) in [5.41, 5.74) is 1.39. The third-order valence-electron chi connectivity index (χ3n) is 4.34. The summed E-state index contributed by atoms with van der Waals surface area (Å²) in [5.74, 6) is 1.94. The maximum absolute atomic E-state index is 6.01. The molecule has 2 unspecified atom stereocenters. The summed E-state index contributed by atoms with van der Waals surface area (Å²) in [4.78, 5) is 0. The molecule has 1 aliphatic rings. The van der Waals surface area contributed by atoms with Crippen LogP contribution < -0.4 is 0 Å². The summed E-state index contributed by atoms with van der Waals surface area (Å²) < 4.78 is 0. The van der Waals surface area contributed by atoms with Gasteiger partial charge in [0.2, 0.25) is 0 Å². The van der Waals surface area contributed by atoms with Gasteiger partial charge in [-0.05, 0) is 42.4 Å². The molecule has 0 radical (unpaired) electrons. The van der Waals surface area contributed by atoms with Crippen LogP contribution in [0.5, 0.6) is 0 Å². The summed E-state index contributed by atoms with van der Waals surface area (Å²) in [6.45, 7) is 10.4. The molecule has 1 saturated carbocycles. The van der Waals surface area contributed by atoms with Crippen molar-refractivity contribution in [3.63, 3.8) is 0 Å². The Labute approximate surface area is 144 Å². The molecule has 2 rings (SSSR count). The van der Waals surface area contributed by atoms with Gasteiger partial charge >= 0.3 is 0 Å². The largest absolute Gasteiger partial charge is 0.0843 e. The normalized spacial score (nSPS) is 20.8. The fourth-order valence-electron chi connectivity index (χ4n) is 3.14. The predicted octanol–water partition coefficient (Wildman–Crippen LogP) is 7.93. The quantitative estimate of drug-likeness (QED) is 0.493. The lowest BCUT2D eigenvalue weighted by Crippen LogP contribution is -2.00. The van der Waals surface area contributed by atoms with Crippen LogP contribution in [0.2, 0.25) is 5.02 Å². The van der Waals surface area contributed by atoms with Crippen molar-refractivity contribution in [1.29, 1.82) is 0 Å². The van der Waals surface area contributed by atoms with Crippen molar-refractivity contribution in [2.45, 2.75) is 86.0 Å². The van der Waals surface area contributed by atoms with Crippen LogP contribution in [0.1, 0.15) is 85.1 Å². The molecule has 22 heavy (non-hydrogen) atoms. The third kappa shape index (κ3) is 9.51. The number of benzene rings is 1. The van der Waals surface area contributed by atoms with E-state index in [2.05, 4.69) is 25.1 Å². The van der Waals surface area contributed by atoms with Crippen molar-refractivity contribution in [3.05, 3.63) is 34.9 Å². The number of aryl methyl sites for hydroxylation is 1. The van der Waals surface area contributed by atoms with Crippen LogP contribution in [0.4, 0.5) is 0 Å². The number of halogens is 1. The van der Waals surface area contributed by atoms with E-state index in [1.165, 1.54) is 56.9 Å². The van der Waals surface area contributed by atoms with E-state index in [-0.39, 0.29) is 0 Å². The highest BCUT2D eigenvalue weighted by Crippen LogP contribution is 2.30. The fourth-order valence-corrected chi connectivity index (χ4v) is 3.35. The molecule has 0 aromatic heterocycles. The van der Waals surface area contributed by atoms with Gasteiger partial charge in [0.05, 0.1) is 0 Å². The van der Waals surface area contributed by atoms with Crippen molar-refractivity contribution in [1.82, 2.24) is 0 Å². The van der Waals surface area contributed by atoms with Crippen LogP contribution in [0.25, 0.3) is 0 Å². The summed E-state index contributed by atoms with van der Waals surface area (Å²) >= 11 is 6.01. The maximum Gasteiger partial charge on any atom is 0.0408 e. The summed E-state index contributed by atoms with van der Waals surface area (Å²) in [6, 6.07) is 8.32. The van der Waals surface area contributed by atoms with Crippen LogP contribution >= 0.6 is 11.6 Å². The van der Waals surface area contributed by atoms with E-state index in [4.69, 9.17) is 11.6 Å². The smallest absolute Gasteiger partial charge is 0.0408 e. The monoisotopic (exact) mass is 324 g/mol. The Morgan fingerprint density at radius 2 is 1.73 bits per heavy atom. The fraction of sp³-hybridized carbons (Fsp3) is 0.714. The predicted molar refractivity (Wildman–Crippen MR) is 103 cm³/mol. The van der Waals surface area contributed by atoms with Crippen molar-refractivity contribution >= 4 is 11.6 Å². The van der Waals surface area contributed by atoms with E-state index >= 15 is 0 Å². The highest BCUT2D eigenvalue weighted by Gasteiger charge is 2.15. The Hall–Kier alpha value is -0.490. The zero-order chi connectivity index (χ0) is 16.8. The molecule has 128 valence electrons. The van der Waals surface area contributed by atoms with Gasteiger partial charge in [-0.2, -0.15) is 0 Å². The Kier molecular flexibility index (Phi) is 13.8. The SMILES string of the molecule is CC.CC.CC1CCCC(CCCc2cccc(Cl)c2)CC1. The van der Waals surface area contributed by atoms with Crippen molar-refractivity contribution in [2.24, 2.45) is 11.8 Å². The van der Waals surface area contributed by atoms with E-state index in [0.717, 1.165) is 16.9 Å². The Morgan fingerprint density at radius 1 is 1.00 bits per heavy atom. The molecule has 0 amide bonds. The molecular weight excluding hydrogens is 288 g/mol. The highest BCUT2D eigenvalue weighted by molar-refractivity contribution is 6.30. The number of rotatable bonds is 4. The van der Waals surface area contributed by atoms with Crippen LogP contribution in [0, 0.1) is 11.8 Å². The van der Waals surface area contributed by atoms with Gasteiger partial charge in [-0.3, -0.25) is 0 Å². The van der Waals surface area contributed by atoms with Gasteiger partial charge < -0.3 is 0 Å². The molecule has 1 heteroatoms. The van der Waals surface area contributed by atoms with Gasteiger partial charge in [0.25, 0.3) is 0 Å². The Balaban J connectivity index is 0.00000102. The molecule has 0 bridgehead atoms. The first-order valence-electron chi connectivity index (χ1n) is 9.48. The molecule has 0 spiro atoms. The van der Waals surface area contributed by atoms with Gasteiger partial charge in [-0.25, -0.2) is 0 Å². The molecular formula is C21H37Cl. The van der Waals surface area contributed by atoms with Gasteiger partial charge in [0.15, 0.2) is 0 Å². The molecule has 0 saturated heterocycles. The Bertz CT molecular complexity index is 359. The van der Waals surface area contributed by atoms with Crippen molar-refractivity contribution in [3.8, 4) is 0 Å². The lowest BCUT2D eigenvalue weighted by Gasteiger charge is -2.13. The first-order chi connectivity index (χ1) is 10.7. The van der Waals surface area contributed by atoms with Gasteiger partial charge in [0, 0.05) is 5.02 Å². The second kappa shape index (κ2) is 14.1. The zero-order valence-electron chi connectivity index (χ0n) is 15.5. The average molecular weight is 325 g/mol. The molecule has 1 aromatic rings. The van der Waals surface area contributed by atoms with Gasteiger partial charge in [0.1, 0.15) is 0 Å². The third-order valence-corrected chi connectivity index (χ3v) is 4.58. The van der Waals surface area contributed by atoms with Gasteiger partial charge in [-0.15, -0.1) is 0 Å². The molecule has 0 nitrogen and oxygen atoms in total. The molecule has 1 aliphatic carbocycles. The molecule has 1 aromatic carbocycles. The summed E-state index contributed by atoms with van der Waals surface area (Å²) in [7, 11) is 0. The molecule has 0 N–H and O–H groups in total. The second-order valence-corrected chi connectivity index (χ2v) is 6.44. The zero-order valence-corrected chi connectivity index (χ0v) is 16.3. The van der Waals surface area contributed by atoms with E-state index in [1.54, 1.807) is 0 Å². The van der Waals surface area contributed by atoms with Crippen molar-refractivity contribution < 1.29 is 0 Å². The minimum Gasteiger partial charge on any atom is -0.0843 e. The minimum atomic E-state index is 0.871. The molecule has 1 fully saturated rings. The first-order valence-corrected chi connectivity index (χ1v) is 9.86. The molecule has 0 aliphatic heterocycles. The topological polar surface area (TPSA) is 0 Å². The first kappa shape index (κ1) is 21.5. The standard InChI is InChI=1S/C17H25Cl.2C2H6/c1-14-5-2-6-15(12-11-14)7-3-8-16-9-4-10-17(18)13-16;2*1-2/h4,9-10,13-15H,2-3,5-8,11-12H2,1H3;2*1-2H3. The summed E-state index contributed by atoms with van der Waals surface area (Å²) in [5, 5.41) is 0.871. The Morgan fingerprint density at radius 3 is 2.41 bits per heavy atom. The second-order valence-electron chi connectivity index (χ2n) is 6.00. The number of hydrogen-bond donors (Lipinski definition) is 0. The van der Waals surface area contributed by atoms with Crippen LogP contribution in [0.15, 0.2) is 24.3 Å². The lowest BCUT2D eigenvalue weighted by atomic mass is 9.92. The van der Waals surface area contributed by atoms with Crippen LogP contribution in [-0.4, -0.2) is 0 Å². The molecule has 2 atom stereocenters.